The first kappa shape index (κ1) is 17.0. The van der Waals surface area contributed by atoms with E-state index in [-0.39, 0.29) is 31.0 Å². The topological polar surface area (TPSA) is 116 Å². The van der Waals surface area contributed by atoms with E-state index >= 15 is 0 Å². The number of aliphatic hydroxyl groups is 3. The summed E-state index contributed by atoms with van der Waals surface area (Å²) >= 11 is 0. The highest BCUT2D eigenvalue weighted by Gasteiger charge is 2.35. The van der Waals surface area contributed by atoms with Crippen molar-refractivity contribution in [2.45, 2.75) is 57.0 Å². The zero-order valence-corrected chi connectivity index (χ0v) is 11.6. The molecule has 2 unspecified atom stereocenters. The van der Waals surface area contributed by atoms with Crippen LogP contribution in [0.15, 0.2) is 0 Å². The maximum atomic E-state index is 11.7. The van der Waals surface area contributed by atoms with Crippen molar-refractivity contribution in [1.29, 1.82) is 0 Å². The third-order valence-corrected chi connectivity index (χ3v) is 3.31. The van der Waals surface area contributed by atoms with Gasteiger partial charge in [-0.25, -0.2) is 0 Å². The zero-order valence-electron chi connectivity index (χ0n) is 11.6. The lowest BCUT2D eigenvalue weighted by atomic mass is 9.94. The van der Waals surface area contributed by atoms with Gasteiger partial charge in [0.05, 0.1) is 31.0 Å². The number of nitrogens with one attached hydrogen (secondary N) is 1. The van der Waals surface area contributed by atoms with Crippen molar-refractivity contribution in [2.24, 2.45) is 0 Å². The molecule has 0 aromatic carbocycles. The van der Waals surface area contributed by atoms with Crippen molar-refractivity contribution in [3.05, 3.63) is 0 Å². The first-order valence-corrected chi connectivity index (χ1v) is 6.81. The van der Waals surface area contributed by atoms with Crippen LogP contribution in [-0.2, 0) is 14.3 Å². The number of rotatable bonds is 7. The van der Waals surface area contributed by atoms with Gasteiger partial charge in [0.2, 0.25) is 5.91 Å². The third-order valence-electron chi connectivity index (χ3n) is 3.31. The van der Waals surface area contributed by atoms with E-state index in [4.69, 9.17) is 9.84 Å². The van der Waals surface area contributed by atoms with Crippen LogP contribution < -0.4 is 5.32 Å². The summed E-state index contributed by atoms with van der Waals surface area (Å²) in [5, 5.41) is 30.9. The molecule has 1 heterocycles. The van der Waals surface area contributed by atoms with Gasteiger partial charge in [0, 0.05) is 25.9 Å². The summed E-state index contributed by atoms with van der Waals surface area (Å²) in [7, 11) is 0. The van der Waals surface area contributed by atoms with Crippen molar-refractivity contribution in [2.75, 3.05) is 13.2 Å². The molecular formula is C13H23NO6. The Morgan fingerprint density at radius 2 is 2.10 bits per heavy atom. The standard InChI is InChI=1S/C13H23NO6/c1-8(16)2-3-12(19)14-13-10(18)4-5-20-11(13)6-9(17)7-15/h9-11,13,15,17-18H,2-7H2,1H3,(H,14,19)/t9-,10?,11?,13+/m0/s1. The van der Waals surface area contributed by atoms with Crippen LogP contribution in [0.5, 0.6) is 0 Å². The summed E-state index contributed by atoms with van der Waals surface area (Å²) < 4.78 is 5.45. The van der Waals surface area contributed by atoms with Crippen molar-refractivity contribution < 1.29 is 29.6 Å². The van der Waals surface area contributed by atoms with Crippen LogP contribution in [0.25, 0.3) is 0 Å². The molecule has 1 fully saturated rings. The number of ether oxygens (including phenoxy) is 1. The Morgan fingerprint density at radius 1 is 1.40 bits per heavy atom. The van der Waals surface area contributed by atoms with Gasteiger partial charge in [-0.15, -0.1) is 0 Å². The number of hydrogen-bond acceptors (Lipinski definition) is 6. The lowest BCUT2D eigenvalue weighted by molar-refractivity contribution is -0.131. The summed E-state index contributed by atoms with van der Waals surface area (Å²) in [6.07, 6.45) is -1.54. The molecule has 1 aliphatic rings. The second-order valence-electron chi connectivity index (χ2n) is 5.13. The molecule has 116 valence electrons. The normalized spacial score (nSPS) is 27.9. The van der Waals surface area contributed by atoms with Gasteiger partial charge in [-0.05, 0) is 13.3 Å². The maximum Gasteiger partial charge on any atom is 0.220 e. The van der Waals surface area contributed by atoms with Crippen molar-refractivity contribution in [1.82, 2.24) is 5.32 Å². The van der Waals surface area contributed by atoms with E-state index in [0.29, 0.717) is 13.0 Å². The Bertz CT molecular complexity index is 335. The Hall–Kier alpha value is -1.02. The van der Waals surface area contributed by atoms with E-state index in [1.165, 1.54) is 6.92 Å². The summed E-state index contributed by atoms with van der Waals surface area (Å²) in [4.78, 5) is 22.6. The monoisotopic (exact) mass is 289 g/mol. The van der Waals surface area contributed by atoms with Gasteiger partial charge >= 0.3 is 0 Å². The van der Waals surface area contributed by atoms with Crippen molar-refractivity contribution >= 4 is 11.7 Å². The molecule has 0 aliphatic carbocycles. The van der Waals surface area contributed by atoms with Crippen LogP contribution in [0.4, 0.5) is 0 Å². The van der Waals surface area contributed by atoms with Crippen molar-refractivity contribution in [3.63, 3.8) is 0 Å². The number of ketones is 1. The molecular weight excluding hydrogens is 266 g/mol. The van der Waals surface area contributed by atoms with Gasteiger partial charge in [0.25, 0.3) is 0 Å². The second kappa shape index (κ2) is 8.31. The molecule has 1 saturated heterocycles. The minimum atomic E-state index is -0.957. The average molecular weight is 289 g/mol. The fraction of sp³-hybridized carbons (Fsp3) is 0.846. The molecule has 7 heteroatoms. The van der Waals surface area contributed by atoms with Gasteiger partial charge in [0.1, 0.15) is 5.78 Å². The number of carbonyl (C=O) groups is 2. The fourth-order valence-corrected chi connectivity index (χ4v) is 2.17. The molecule has 0 bridgehead atoms. The molecule has 7 nitrogen and oxygen atoms in total. The van der Waals surface area contributed by atoms with Crippen LogP contribution in [-0.4, -0.2) is 64.6 Å². The van der Waals surface area contributed by atoms with Gasteiger partial charge in [0.15, 0.2) is 0 Å². The van der Waals surface area contributed by atoms with E-state index in [9.17, 15) is 19.8 Å². The first-order valence-electron chi connectivity index (χ1n) is 6.81. The smallest absolute Gasteiger partial charge is 0.220 e. The quantitative estimate of drug-likeness (QED) is 0.464. The van der Waals surface area contributed by atoms with E-state index in [2.05, 4.69) is 5.32 Å². The molecule has 0 aromatic heterocycles. The molecule has 0 radical (unpaired) electrons. The molecule has 0 aromatic rings. The van der Waals surface area contributed by atoms with Crippen LogP contribution in [0.1, 0.15) is 32.6 Å². The summed E-state index contributed by atoms with van der Waals surface area (Å²) in [6, 6.07) is -0.635. The van der Waals surface area contributed by atoms with Crippen LogP contribution in [0.2, 0.25) is 0 Å². The van der Waals surface area contributed by atoms with E-state index < -0.39 is 31.0 Å². The van der Waals surface area contributed by atoms with E-state index in [0.717, 1.165) is 0 Å². The lowest BCUT2D eigenvalue weighted by Crippen LogP contribution is -2.55. The Morgan fingerprint density at radius 3 is 2.70 bits per heavy atom. The SMILES string of the molecule is CC(=O)CCC(=O)N[C@@H]1C(O)CCOC1C[C@H](O)CO. The molecule has 1 rings (SSSR count). The molecule has 0 saturated carbocycles. The molecule has 20 heavy (non-hydrogen) atoms. The second-order valence-corrected chi connectivity index (χ2v) is 5.13. The average Bonchev–Trinajstić information content (AvgIpc) is 2.40. The van der Waals surface area contributed by atoms with Crippen LogP contribution >= 0.6 is 0 Å². The molecule has 0 spiro atoms. The number of amides is 1. The predicted octanol–water partition coefficient (Wildman–Crippen LogP) is -1.27. The van der Waals surface area contributed by atoms with Gasteiger partial charge < -0.3 is 30.2 Å². The minimum absolute atomic E-state index is 0.0633. The Labute approximate surface area is 117 Å². The summed E-state index contributed by atoms with van der Waals surface area (Å²) in [6.45, 7) is 1.34. The predicted molar refractivity (Wildman–Crippen MR) is 69.9 cm³/mol. The largest absolute Gasteiger partial charge is 0.394 e. The number of Topliss-reactive ketones (excluding diaryl/α,β-unsaturated/α-hetero) is 1. The molecule has 4 N–H and O–H groups in total. The molecule has 4 atom stereocenters. The summed E-state index contributed by atoms with van der Waals surface area (Å²) in [5.74, 6) is -0.411. The molecule has 1 aliphatic heterocycles. The van der Waals surface area contributed by atoms with Crippen LogP contribution in [0.3, 0.4) is 0 Å². The third kappa shape index (κ3) is 5.54. The highest BCUT2D eigenvalue weighted by atomic mass is 16.5. The van der Waals surface area contributed by atoms with E-state index in [1.807, 2.05) is 0 Å². The van der Waals surface area contributed by atoms with Gasteiger partial charge in [-0.3, -0.25) is 4.79 Å². The summed E-state index contributed by atoms with van der Waals surface area (Å²) in [5.41, 5.74) is 0. The van der Waals surface area contributed by atoms with Crippen LogP contribution in [0, 0.1) is 0 Å². The highest BCUT2D eigenvalue weighted by Crippen LogP contribution is 2.19. The number of aliphatic hydroxyl groups excluding tert-OH is 3. The van der Waals surface area contributed by atoms with Gasteiger partial charge in [-0.1, -0.05) is 0 Å². The first-order chi connectivity index (χ1) is 9.43. The maximum absolute atomic E-state index is 11.7. The molecule has 1 amide bonds. The van der Waals surface area contributed by atoms with Crippen molar-refractivity contribution in [3.8, 4) is 0 Å². The fourth-order valence-electron chi connectivity index (χ4n) is 2.17. The van der Waals surface area contributed by atoms with Gasteiger partial charge in [-0.2, -0.15) is 0 Å². The lowest BCUT2D eigenvalue weighted by Gasteiger charge is -2.36. The Kier molecular flexibility index (Phi) is 7.08. The number of hydrogen-bond donors (Lipinski definition) is 4. The zero-order chi connectivity index (χ0) is 15.1. The van der Waals surface area contributed by atoms with E-state index in [1.54, 1.807) is 0 Å². The Balaban J connectivity index is 2.55. The number of carbonyl (C=O) groups excluding carboxylic acids is 2. The minimum Gasteiger partial charge on any atom is -0.394 e. The highest BCUT2D eigenvalue weighted by molar-refractivity contribution is 5.83.